The fourth-order valence-electron chi connectivity index (χ4n) is 1.46. The lowest BCUT2D eigenvalue weighted by molar-refractivity contribution is -0.136. The van der Waals surface area contributed by atoms with Gasteiger partial charge in [-0.15, -0.1) is 0 Å². The first-order chi connectivity index (χ1) is 8.65. The van der Waals surface area contributed by atoms with Gasteiger partial charge in [0.1, 0.15) is 5.69 Å². The fraction of sp³-hybridized carbons (Fsp3) is 0.0833. The molecule has 0 unspecified atom stereocenters. The standard InChI is InChI=1S/C12H11N3O3/c16-11(17)5-8-1-3-9(4-2-8)15-12(18)10-6-13-7-14-10/h1-4,6-7H,5H2,(H,13,14)(H,15,18)(H,16,17). The van der Waals surface area contributed by atoms with E-state index in [0.29, 0.717) is 16.9 Å². The molecule has 92 valence electrons. The zero-order valence-corrected chi connectivity index (χ0v) is 9.38. The Labute approximate surface area is 103 Å². The molecule has 1 aromatic heterocycles. The molecule has 1 heterocycles. The predicted molar refractivity (Wildman–Crippen MR) is 64.3 cm³/mol. The van der Waals surface area contributed by atoms with Gasteiger partial charge in [-0.3, -0.25) is 9.59 Å². The number of carbonyl (C=O) groups excluding carboxylic acids is 1. The van der Waals surface area contributed by atoms with Crippen LogP contribution in [0.2, 0.25) is 0 Å². The predicted octanol–water partition coefficient (Wildman–Crippen LogP) is 1.29. The van der Waals surface area contributed by atoms with Crippen molar-refractivity contribution in [1.82, 2.24) is 9.97 Å². The van der Waals surface area contributed by atoms with Crippen LogP contribution in [-0.4, -0.2) is 27.0 Å². The highest BCUT2D eigenvalue weighted by molar-refractivity contribution is 6.02. The number of aromatic amines is 1. The molecule has 0 aliphatic heterocycles. The molecule has 0 saturated carbocycles. The van der Waals surface area contributed by atoms with Crippen LogP contribution < -0.4 is 5.32 Å². The van der Waals surface area contributed by atoms with Gasteiger partial charge in [-0.05, 0) is 17.7 Å². The summed E-state index contributed by atoms with van der Waals surface area (Å²) in [5.74, 6) is -1.18. The summed E-state index contributed by atoms with van der Waals surface area (Å²) >= 11 is 0. The van der Waals surface area contributed by atoms with E-state index < -0.39 is 5.97 Å². The number of hydrogen-bond acceptors (Lipinski definition) is 3. The Hall–Kier alpha value is -2.63. The van der Waals surface area contributed by atoms with Gasteiger partial charge < -0.3 is 15.4 Å². The maximum Gasteiger partial charge on any atom is 0.307 e. The zero-order valence-electron chi connectivity index (χ0n) is 9.38. The van der Waals surface area contributed by atoms with E-state index in [9.17, 15) is 9.59 Å². The largest absolute Gasteiger partial charge is 0.481 e. The Balaban J connectivity index is 2.02. The summed E-state index contributed by atoms with van der Waals surface area (Å²) in [7, 11) is 0. The number of aliphatic carboxylic acids is 1. The number of amides is 1. The lowest BCUT2D eigenvalue weighted by Crippen LogP contribution is -2.12. The molecule has 6 nitrogen and oxygen atoms in total. The molecule has 0 atom stereocenters. The van der Waals surface area contributed by atoms with Gasteiger partial charge >= 0.3 is 5.97 Å². The van der Waals surface area contributed by atoms with Gasteiger partial charge in [0, 0.05) is 5.69 Å². The van der Waals surface area contributed by atoms with Gasteiger partial charge in [-0.2, -0.15) is 0 Å². The second kappa shape index (κ2) is 5.13. The number of carboxylic acids is 1. The summed E-state index contributed by atoms with van der Waals surface area (Å²) in [4.78, 5) is 28.6. The van der Waals surface area contributed by atoms with Crippen LogP contribution in [-0.2, 0) is 11.2 Å². The van der Waals surface area contributed by atoms with Gasteiger partial charge in [0.25, 0.3) is 5.91 Å². The van der Waals surface area contributed by atoms with Crippen molar-refractivity contribution >= 4 is 17.6 Å². The van der Waals surface area contributed by atoms with Gasteiger partial charge in [0.05, 0.1) is 18.9 Å². The lowest BCUT2D eigenvalue weighted by atomic mass is 10.1. The lowest BCUT2D eigenvalue weighted by Gasteiger charge is -2.04. The molecule has 6 heteroatoms. The van der Waals surface area contributed by atoms with E-state index >= 15 is 0 Å². The topological polar surface area (TPSA) is 95.1 Å². The number of nitrogens with zero attached hydrogens (tertiary/aromatic N) is 1. The van der Waals surface area contributed by atoms with Gasteiger partial charge in [-0.1, -0.05) is 12.1 Å². The molecule has 2 rings (SSSR count). The summed E-state index contributed by atoms with van der Waals surface area (Å²) in [5.41, 5.74) is 1.65. The third-order valence-corrected chi connectivity index (χ3v) is 2.31. The Kier molecular flexibility index (Phi) is 3.38. The summed E-state index contributed by atoms with van der Waals surface area (Å²) in [5, 5.41) is 11.3. The van der Waals surface area contributed by atoms with Crippen LogP contribution >= 0.6 is 0 Å². The van der Waals surface area contributed by atoms with E-state index in [1.807, 2.05) is 0 Å². The molecule has 1 amide bonds. The average molecular weight is 245 g/mol. The smallest absolute Gasteiger partial charge is 0.307 e. The molecule has 0 saturated heterocycles. The van der Waals surface area contributed by atoms with Crippen molar-refractivity contribution in [3.8, 4) is 0 Å². The molecular formula is C12H11N3O3. The quantitative estimate of drug-likeness (QED) is 0.756. The molecule has 0 fully saturated rings. The molecule has 0 aliphatic carbocycles. The molecule has 18 heavy (non-hydrogen) atoms. The van der Waals surface area contributed by atoms with Crippen LogP contribution in [0.5, 0.6) is 0 Å². The van der Waals surface area contributed by atoms with Crippen molar-refractivity contribution in [3.63, 3.8) is 0 Å². The third kappa shape index (κ3) is 2.94. The maximum atomic E-state index is 11.7. The minimum atomic E-state index is -0.885. The second-order valence-electron chi connectivity index (χ2n) is 3.69. The van der Waals surface area contributed by atoms with Crippen molar-refractivity contribution in [3.05, 3.63) is 48.0 Å². The molecule has 1 aromatic carbocycles. The monoisotopic (exact) mass is 245 g/mol. The van der Waals surface area contributed by atoms with E-state index in [4.69, 9.17) is 5.11 Å². The third-order valence-electron chi connectivity index (χ3n) is 2.31. The maximum absolute atomic E-state index is 11.7. The van der Waals surface area contributed by atoms with Crippen molar-refractivity contribution < 1.29 is 14.7 Å². The zero-order chi connectivity index (χ0) is 13.0. The number of aromatic nitrogens is 2. The number of carbonyl (C=O) groups is 2. The van der Waals surface area contributed by atoms with Gasteiger partial charge in [0.2, 0.25) is 0 Å². The molecule has 3 N–H and O–H groups in total. The molecule has 2 aromatic rings. The van der Waals surface area contributed by atoms with Crippen LogP contribution in [0.4, 0.5) is 5.69 Å². The number of imidazole rings is 1. The van der Waals surface area contributed by atoms with Crippen molar-refractivity contribution in [2.75, 3.05) is 5.32 Å². The molecular weight excluding hydrogens is 234 g/mol. The average Bonchev–Trinajstić information content (AvgIpc) is 2.84. The first-order valence-corrected chi connectivity index (χ1v) is 5.25. The first kappa shape index (κ1) is 11.8. The number of nitrogens with one attached hydrogen (secondary N) is 2. The Morgan fingerprint density at radius 3 is 2.56 bits per heavy atom. The van der Waals surface area contributed by atoms with E-state index in [2.05, 4.69) is 15.3 Å². The minimum absolute atomic E-state index is 0.0330. The van der Waals surface area contributed by atoms with E-state index in [1.54, 1.807) is 24.3 Å². The first-order valence-electron chi connectivity index (χ1n) is 5.25. The van der Waals surface area contributed by atoms with Crippen LogP contribution in [0.1, 0.15) is 16.1 Å². The summed E-state index contributed by atoms with van der Waals surface area (Å²) in [6.07, 6.45) is 2.81. The number of hydrogen-bond donors (Lipinski definition) is 3. The molecule has 0 radical (unpaired) electrons. The van der Waals surface area contributed by atoms with Gasteiger partial charge in [0.15, 0.2) is 0 Å². The number of carboxylic acid groups (broad SMARTS) is 1. The van der Waals surface area contributed by atoms with Crippen LogP contribution in [0.25, 0.3) is 0 Å². The second-order valence-corrected chi connectivity index (χ2v) is 3.69. The number of anilines is 1. The van der Waals surface area contributed by atoms with E-state index in [1.165, 1.54) is 12.5 Å². The SMILES string of the molecule is O=C(O)Cc1ccc(NC(=O)c2cnc[nH]2)cc1. The Bertz CT molecular complexity index is 546. The van der Waals surface area contributed by atoms with Crippen LogP contribution in [0.3, 0.4) is 0 Å². The minimum Gasteiger partial charge on any atom is -0.481 e. The molecule has 0 bridgehead atoms. The van der Waals surface area contributed by atoms with Crippen molar-refractivity contribution in [1.29, 1.82) is 0 Å². The van der Waals surface area contributed by atoms with Crippen LogP contribution in [0.15, 0.2) is 36.8 Å². The Morgan fingerprint density at radius 1 is 1.28 bits per heavy atom. The van der Waals surface area contributed by atoms with Crippen molar-refractivity contribution in [2.45, 2.75) is 6.42 Å². The fourth-order valence-corrected chi connectivity index (χ4v) is 1.46. The van der Waals surface area contributed by atoms with E-state index in [-0.39, 0.29) is 12.3 Å². The molecule has 0 aliphatic rings. The van der Waals surface area contributed by atoms with Crippen molar-refractivity contribution in [2.24, 2.45) is 0 Å². The highest BCUT2D eigenvalue weighted by Gasteiger charge is 2.07. The number of rotatable bonds is 4. The molecule has 0 spiro atoms. The highest BCUT2D eigenvalue weighted by Crippen LogP contribution is 2.11. The highest BCUT2D eigenvalue weighted by atomic mass is 16.4. The summed E-state index contributed by atoms with van der Waals surface area (Å²) in [6.45, 7) is 0. The Morgan fingerprint density at radius 2 is 2.00 bits per heavy atom. The number of benzene rings is 1. The normalized spacial score (nSPS) is 10.0. The summed E-state index contributed by atoms with van der Waals surface area (Å²) in [6, 6.07) is 6.65. The van der Waals surface area contributed by atoms with Gasteiger partial charge in [-0.25, -0.2) is 4.98 Å². The van der Waals surface area contributed by atoms with Crippen LogP contribution in [0, 0.1) is 0 Å². The summed E-state index contributed by atoms with van der Waals surface area (Å²) < 4.78 is 0. The van der Waals surface area contributed by atoms with E-state index in [0.717, 1.165) is 0 Å². The number of H-pyrrole nitrogens is 1.